The Morgan fingerprint density at radius 2 is 1.78 bits per heavy atom. The number of nitrogens with zero attached hydrogens (tertiary/aromatic N) is 1. The first-order valence-corrected chi connectivity index (χ1v) is 8.77. The van der Waals surface area contributed by atoms with Crippen LogP contribution in [-0.2, 0) is 10.0 Å². The van der Waals surface area contributed by atoms with Crippen molar-refractivity contribution in [3.05, 3.63) is 0 Å². The summed E-state index contributed by atoms with van der Waals surface area (Å²) in [6.45, 7) is 1.30. The lowest BCUT2D eigenvalue weighted by Gasteiger charge is -2.35. The summed E-state index contributed by atoms with van der Waals surface area (Å²) in [5, 5.41) is 3.66. The first-order chi connectivity index (χ1) is 8.45. The predicted octanol–water partition coefficient (Wildman–Crippen LogP) is 0.270. The summed E-state index contributed by atoms with van der Waals surface area (Å²) in [5.74, 6) is 0. The third kappa shape index (κ3) is 3.91. The maximum Gasteiger partial charge on any atom is 0.211 e. The minimum absolute atomic E-state index is 0.340. The van der Waals surface area contributed by atoms with E-state index in [1.165, 1.54) is 19.1 Å². The normalized spacial score (nSPS) is 32.6. The Kier molecular flexibility index (Phi) is 4.64. The standard InChI is InChI=1S/C12H25N3O2S/c1-18(16,17)15-7-5-11(6-8-15)14-12-4-2-3-10(13)9-12/h10-12,14H,2-9,13H2,1H3. The second kappa shape index (κ2) is 5.86. The Morgan fingerprint density at radius 1 is 1.11 bits per heavy atom. The van der Waals surface area contributed by atoms with Crippen molar-refractivity contribution in [2.24, 2.45) is 5.73 Å². The van der Waals surface area contributed by atoms with Crippen molar-refractivity contribution >= 4 is 10.0 Å². The molecule has 1 heterocycles. The van der Waals surface area contributed by atoms with Crippen LogP contribution in [0.2, 0.25) is 0 Å². The van der Waals surface area contributed by atoms with E-state index in [1.54, 1.807) is 4.31 Å². The molecule has 2 fully saturated rings. The van der Waals surface area contributed by atoms with Crippen LogP contribution in [0.15, 0.2) is 0 Å². The summed E-state index contributed by atoms with van der Waals surface area (Å²) in [5.41, 5.74) is 5.98. The van der Waals surface area contributed by atoms with Gasteiger partial charge in [0, 0.05) is 31.2 Å². The molecule has 0 bridgehead atoms. The fraction of sp³-hybridized carbons (Fsp3) is 1.00. The lowest BCUT2D eigenvalue weighted by Crippen LogP contribution is -2.49. The van der Waals surface area contributed by atoms with E-state index in [0.717, 1.165) is 25.7 Å². The summed E-state index contributed by atoms with van der Waals surface area (Å²) in [6, 6.07) is 1.33. The summed E-state index contributed by atoms with van der Waals surface area (Å²) in [4.78, 5) is 0. The van der Waals surface area contributed by atoms with Gasteiger partial charge in [-0.2, -0.15) is 0 Å². The van der Waals surface area contributed by atoms with Crippen molar-refractivity contribution in [1.29, 1.82) is 0 Å². The van der Waals surface area contributed by atoms with E-state index in [2.05, 4.69) is 5.32 Å². The molecule has 1 aliphatic carbocycles. The van der Waals surface area contributed by atoms with Gasteiger partial charge >= 0.3 is 0 Å². The van der Waals surface area contributed by atoms with Crippen LogP contribution >= 0.6 is 0 Å². The highest BCUT2D eigenvalue weighted by Crippen LogP contribution is 2.20. The number of hydrogen-bond donors (Lipinski definition) is 2. The molecule has 0 aromatic rings. The smallest absolute Gasteiger partial charge is 0.211 e. The molecule has 2 rings (SSSR count). The number of nitrogens with one attached hydrogen (secondary N) is 1. The van der Waals surface area contributed by atoms with Crippen LogP contribution in [0.5, 0.6) is 0 Å². The van der Waals surface area contributed by atoms with E-state index in [0.29, 0.717) is 31.2 Å². The molecule has 2 aliphatic rings. The van der Waals surface area contributed by atoms with Gasteiger partial charge in [0.1, 0.15) is 0 Å². The molecule has 106 valence electrons. The van der Waals surface area contributed by atoms with Crippen molar-refractivity contribution in [2.75, 3.05) is 19.3 Å². The second-order valence-corrected chi connectivity index (χ2v) is 7.71. The molecule has 3 N–H and O–H groups in total. The van der Waals surface area contributed by atoms with Crippen LogP contribution in [0.25, 0.3) is 0 Å². The van der Waals surface area contributed by atoms with Gasteiger partial charge in [0.2, 0.25) is 10.0 Å². The van der Waals surface area contributed by atoms with Crippen LogP contribution < -0.4 is 11.1 Å². The summed E-state index contributed by atoms with van der Waals surface area (Å²) in [6.07, 6.45) is 7.75. The minimum atomic E-state index is -3.01. The van der Waals surface area contributed by atoms with Gasteiger partial charge in [-0.1, -0.05) is 6.42 Å². The van der Waals surface area contributed by atoms with Crippen molar-refractivity contribution in [2.45, 2.75) is 56.7 Å². The highest BCUT2D eigenvalue weighted by Gasteiger charge is 2.27. The van der Waals surface area contributed by atoms with Gasteiger partial charge in [-0.05, 0) is 32.1 Å². The Labute approximate surface area is 110 Å². The Morgan fingerprint density at radius 3 is 2.33 bits per heavy atom. The van der Waals surface area contributed by atoms with Crippen LogP contribution in [0.4, 0.5) is 0 Å². The first-order valence-electron chi connectivity index (χ1n) is 6.92. The van der Waals surface area contributed by atoms with Gasteiger partial charge in [-0.15, -0.1) is 0 Å². The van der Waals surface area contributed by atoms with E-state index in [4.69, 9.17) is 5.73 Å². The molecule has 1 saturated heterocycles. The van der Waals surface area contributed by atoms with E-state index in [-0.39, 0.29) is 0 Å². The average molecular weight is 275 g/mol. The number of nitrogens with two attached hydrogens (primary N) is 1. The fourth-order valence-electron chi connectivity index (χ4n) is 3.07. The van der Waals surface area contributed by atoms with Gasteiger partial charge in [0.15, 0.2) is 0 Å². The Bertz CT molecular complexity index is 364. The van der Waals surface area contributed by atoms with Crippen molar-refractivity contribution < 1.29 is 8.42 Å². The molecule has 18 heavy (non-hydrogen) atoms. The molecular weight excluding hydrogens is 250 g/mol. The SMILES string of the molecule is CS(=O)(=O)N1CCC(NC2CCCC(N)C2)CC1. The molecule has 0 radical (unpaired) electrons. The van der Waals surface area contributed by atoms with Crippen molar-refractivity contribution in [1.82, 2.24) is 9.62 Å². The third-order valence-corrected chi connectivity index (χ3v) is 5.41. The molecule has 6 heteroatoms. The molecule has 1 saturated carbocycles. The maximum atomic E-state index is 11.4. The molecule has 2 unspecified atom stereocenters. The topological polar surface area (TPSA) is 75.4 Å². The molecule has 0 spiro atoms. The van der Waals surface area contributed by atoms with Crippen LogP contribution in [0.3, 0.4) is 0 Å². The third-order valence-electron chi connectivity index (χ3n) is 4.11. The molecule has 2 atom stereocenters. The van der Waals surface area contributed by atoms with Gasteiger partial charge in [0.05, 0.1) is 6.26 Å². The molecule has 0 amide bonds. The van der Waals surface area contributed by atoms with E-state index in [9.17, 15) is 8.42 Å². The van der Waals surface area contributed by atoms with Crippen LogP contribution in [0.1, 0.15) is 38.5 Å². The summed E-state index contributed by atoms with van der Waals surface area (Å²) >= 11 is 0. The quantitative estimate of drug-likeness (QED) is 0.775. The predicted molar refractivity (Wildman–Crippen MR) is 72.8 cm³/mol. The zero-order chi connectivity index (χ0) is 13.2. The molecular formula is C12H25N3O2S. The number of hydrogen-bond acceptors (Lipinski definition) is 4. The van der Waals surface area contributed by atoms with E-state index in [1.807, 2.05) is 0 Å². The molecule has 0 aromatic heterocycles. The van der Waals surface area contributed by atoms with Gasteiger partial charge in [0.25, 0.3) is 0 Å². The van der Waals surface area contributed by atoms with E-state index < -0.39 is 10.0 Å². The van der Waals surface area contributed by atoms with Crippen molar-refractivity contribution in [3.8, 4) is 0 Å². The molecule has 5 nitrogen and oxygen atoms in total. The molecule has 1 aliphatic heterocycles. The summed E-state index contributed by atoms with van der Waals surface area (Å²) < 4.78 is 24.4. The zero-order valence-electron chi connectivity index (χ0n) is 11.1. The second-order valence-electron chi connectivity index (χ2n) is 5.73. The minimum Gasteiger partial charge on any atom is -0.328 e. The first kappa shape index (κ1) is 14.2. The highest BCUT2D eigenvalue weighted by atomic mass is 32.2. The number of rotatable bonds is 3. The van der Waals surface area contributed by atoms with Gasteiger partial charge in [-0.25, -0.2) is 12.7 Å². The largest absolute Gasteiger partial charge is 0.328 e. The highest BCUT2D eigenvalue weighted by molar-refractivity contribution is 7.88. The number of sulfonamides is 1. The van der Waals surface area contributed by atoms with Gasteiger partial charge in [-0.3, -0.25) is 0 Å². The lowest BCUT2D eigenvalue weighted by atomic mass is 9.90. The lowest BCUT2D eigenvalue weighted by molar-refractivity contribution is 0.245. The number of piperidine rings is 1. The van der Waals surface area contributed by atoms with E-state index >= 15 is 0 Å². The average Bonchev–Trinajstić information content (AvgIpc) is 2.28. The Hall–Kier alpha value is -0.170. The van der Waals surface area contributed by atoms with Gasteiger partial charge < -0.3 is 11.1 Å². The molecule has 0 aromatic carbocycles. The van der Waals surface area contributed by atoms with Crippen molar-refractivity contribution in [3.63, 3.8) is 0 Å². The Balaban J connectivity index is 1.76. The summed E-state index contributed by atoms with van der Waals surface area (Å²) in [7, 11) is -3.01. The fourth-order valence-corrected chi connectivity index (χ4v) is 3.94. The van der Waals surface area contributed by atoms with Crippen LogP contribution in [-0.4, -0.2) is 50.2 Å². The maximum absolute atomic E-state index is 11.4. The monoisotopic (exact) mass is 275 g/mol. The zero-order valence-corrected chi connectivity index (χ0v) is 12.0. The van der Waals surface area contributed by atoms with Crippen LogP contribution in [0, 0.1) is 0 Å².